The topological polar surface area (TPSA) is 63.4 Å². The van der Waals surface area contributed by atoms with E-state index in [1.54, 1.807) is 7.05 Å². The van der Waals surface area contributed by atoms with Crippen molar-refractivity contribution in [2.24, 2.45) is 5.73 Å². The van der Waals surface area contributed by atoms with E-state index in [0.29, 0.717) is 13.1 Å². The summed E-state index contributed by atoms with van der Waals surface area (Å²) in [4.78, 5) is 0.967. The van der Waals surface area contributed by atoms with Gasteiger partial charge in [-0.2, -0.15) is 0 Å². The van der Waals surface area contributed by atoms with Crippen molar-refractivity contribution in [1.82, 2.24) is 4.31 Å². The van der Waals surface area contributed by atoms with E-state index in [1.165, 1.54) is 21.9 Å². The zero-order valence-electron chi connectivity index (χ0n) is 9.23. The number of hydrogen-bond acceptors (Lipinski definition) is 4. The summed E-state index contributed by atoms with van der Waals surface area (Å²) < 4.78 is 23.7. The quantitative estimate of drug-likeness (QED) is 0.801. The first-order valence-corrected chi connectivity index (χ1v) is 7.34. The van der Waals surface area contributed by atoms with E-state index >= 15 is 0 Å². The van der Waals surface area contributed by atoms with Crippen molar-refractivity contribution in [2.75, 3.05) is 19.8 Å². The normalized spacial score (nSPS) is 11.2. The van der Waals surface area contributed by atoms with Crippen LogP contribution in [0.15, 0.2) is 11.4 Å². The van der Waals surface area contributed by atoms with E-state index in [-0.39, 0.29) is 0 Å². The fourth-order valence-corrected chi connectivity index (χ4v) is 2.34. The van der Waals surface area contributed by atoms with Crippen LogP contribution in [0, 0.1) is 11.8 Å². The van der Waals surface area contributed by atoms with Gasteiger partial charge in [-0.1, -0.05) is 11.8 Å². The molecule has 0 bridgehead atoms. The number of hydrogen-bond donors (Lipinski definition) is 1. The van der Waals surface area contributed by atoms with Crippen molar-refractivity contribution >= 4 is 21.4 Å². The number of nitrogens with zero attached hydrogens (tertiary/aromatic N) is 1. The van der Waals surface area contributed by atoms with E-state index < -0.39 is 10.0 Å². The summed E-state index contributed by atoms with van der Waals surface area (Å²) >= 11 is 1.49. The minimum absolute atomic E-state index is 0.328. The minimum atomic E-state index is -3.12. The third-order valence-electron chi connectivity index (χ3n) is 1.93. The van der Waals surface area contributed by atoms with Gasteiger partial charge < -0.3 is 5.73 Å². The lowest BCUT2D eigenvalue weighted by Crippen LogP contribution is -2.24. The molecule has 6 heteroatoms. The van der Waals surface area contributed by atoms with Gasteiger partial charge in [0.15, 0.2) is 0 Å². The summed E-state index contributed by atoms with van der Waals surface area (Å²) in [6.07, 6.45) is 1.19. The van der Waals surface area contributed by atoms with Gasteiger partial charge in [-0.05, 0) is 6.07 Å². The van der Waals surface area contributed by atoms with Crippen molar-refractivity contribution in [2.45, 2.75) is 6.54 Å². The Kier molecular flexibility index (Phi) is 4.50. The van der Waals surface area contributed by atoms with E-state index in [2.05, 4.69) is 11.8 Å². The van der Waals surface area contributed by atoms with Gasteiger partial charge in [-0.3, -0.25) is 0 Å². The molecule has 88 valence electrons. The molecule has 0 saturated carbocycles. The highest BCUT2D eigenvalue weighted by Crippen LogP contribution is 2.16. The van der Waals surface area contributed by atoms with Crippen LogP contribution in [0.2, 0.25) is 0 Å². The Balaban J connectivity index is 2.73. The Hall–Kier alpha value is -0.870. The maximum atomic E-state index is 11.2. The van der Waals surface area contributed by atoms with Crippen molar-refractivity contribution in [3.63, 3.8) is 0 Å². The summed E-state index contributed by atoms with van der Waals surface area (Å²) in [6.45, 7) is 0.711. The van der Waals surface area contributed by atoms with Crippen LogP contribution in [0.25, 0.3) is 0 Å². The molecule has 16 heavy (non-hydrogen) atoms. The van der Waals surface area contributed by atoms with Gasteiger partial charge in [-0.15, -0.1) is 11.3 Å². The molecule has 0 amide bonds. The smallest absolute Gasteiger partial charge is 0.211 e. The second-order valence-electron chi connectivity index (χ2n) is 3.33. The van der Waals surface area contributed by atoms with Crippen LogP contribution in [-0.4, -0.2) is 32.6 Å². The molecule has 0 aromatic carbocycles. The Labute approximate surface area is 100 Å². The lowest BCUT2D eigenvalue weighted by molar-refractivity contribution is 0.475. The van der Waals surface area contributed by atoms with Crippen LogP contribution in [0.1, 0.15) is 10.4 Å². The summed E-state index contributed by atoms with van der Waals surface area (Å²) in [6, 6.07) is 1.88. The molecular formula is C10H14N2O2S2. The number of rotatable bonds is 3. The molecule has 2 N–H and O–H groups in total. The largest absolute Gasteiger partial charge is 0.320 e. The zero-order valence-corrected chi connectivity index (χ0v) is 10.9. The maximum absolute atomic E-state index is 11.2. The number of thiophene rings is 1. The van der Waals surface area contributed by atoms with Gasteiger partial charge in [0.25, 0.3) is 0 Å². The molecule has 1 rings (SSSR count). The van der Waals surface area contributed by atoms with Crippen molar-refractivity contribution in [1.29, 1.82) is 0 Å². The summed E-state index contributed by atoms with van der Waals surface area (Å²) in [5.41, 5.74) is 6.15. The fraction of sp³-hybridized carbons (Fsp3) is 0.400. The van der Waals surface area contributed by atoms with Crippen LogP contribution < -0.4 is 5.73 Å². The predicted octanol–water partition coefficient (Wildman–Crippen LogP) is 0.450. The first-order valence-electron chi connectivity index (χ1n) is 4.61. The molecule has 0 spiro atoms. The van der Waals surface area contributed by atoms with Crippen LogP contribution >= 0.6 is 11.3 Å². The van der Waals surface area contributed by atoms with Crippen LogP contribution in [0.4, 0.5) is 0 Å². The van der Waals surface area contributed by atoms with Crippen molar-refractivity contribution in [3.05, 3.63) is 21.9 Å². The summed E-state index contributed by atoms with van der Waals surface area (Å²) in [7, 11) is -1.57. The lowest BCUT2D eigenvalue weighted by Gasteiger charge is -2.11. The van der Waals surface area contributed by atoms with Gasteiger partial charge in [0.05, 0.1) is 12.8 Å². The molecule has 4 nitrogen and oxygen atoms in total. The highest BCUT2D eigenvalue weighted by Gasteiger charge is 2.12. The van der Waals surface area contributed by atoms with Gasteiger partial charge >= 0.3 is 0 Å². The molecule has 0 aliphatic carbocycles. The van der Waals surface area contributed by atoms with E-state index in [9.17, 15) is 8.42 Å². The van der Waals surface area contributed by atoms with Crippen LogP contribution in [0.3, 0.4) is 0 Å². The highest BCUT2D eigenvalue weighted by atomic mass is 32.2. The minimum Gasteiger partial charge on any atom is -0.320 e. The molecule has 0 radical (unpaired) electrons. The Morgan fingerprint density at radius 1 is 1.56 bits per heavy atom. The first-order chi connectivity index (χ1) is 7.43. The molecule has 0 saturated heterocycles. The number of nitrogens with two attached hydrogens (primary N) is 1. The van der Waals surface area contributed by atoms with E-state index in [1.807, 2.05) is 11.4 Å². The Bertz CT molecular complexity index is 508. The molecule has 1 aromatic heterocycles. The van der Waals surface area contributed by atoms with Crippen LogP contribution in [0.5, 0.6) is 0 Å². The third-order valence-corrected chi connectivity index (χ3v) is 4.12. The van der Waals surface area contributed by atoms with E-state index in [0.717, 1.165) is 10.4 Å². The first kappa shape index (κ1) is 13.2. The van der Waals surface area contributed by atoms with Gasteiger partial charge in [0, 0.05) is 29.4 Å². The second-order valence-corrected chi connectivity index (χ2v) is 6.41. The Morgan fingerprint density at radius 2 is 2.25 bits per heavy atom. The summed E-state index contributed by atoms with van der Waals surface area (Å²) in [5.74, 6) is 5.66. The lowest BCUT2D eigenvalue weighted by atomic mass is 10.3. The SMILES string of the molecule is CN(Cc1cc(C#CCN)cs1)S(C)(=O)=O. The third kappa shape index (κ3) is 3.94. The zero-order chi connectivity index (χ0) is 12.2. The van der Waals surface area contributed by atoms with E-state index in [4.69, 9.17) is 5.73 Å². The molecule has 0 atom stereocenters. The van der Waals surface area contributed by atoms with Crippen LogP contribution in [-0.2, 0) is 16.6 Å². The maximum Gasteiger partial charge on any atom is 0.211 e. The molecule has 0 aliphatic heterocycles. The fourth-order valence-electron chi connectivity index (χ4n) is 1.02. The molecule has 1 aromatic rings. The van der Waals surface area contributed by atoms with Crippen molar-refractivity contribution in [3.8, 4) is 11.8 Å². The second kappa shape index (κ2) is 5.46. The summed E-state index contributed by atoms with van der Waals surface area (Å²) in [5, 5.41) is 1.90. The van der Waals surface area contributed by atoms with Gasteiger partial charge in [-0.25, -0.2) is 12.7 Å². The average Bonchev–Trinajstić information content (AvgIpc) is 2.61. The predicted molar refractivity (Wildman–Crippen MR) is 66.6 cm³/mol. The molecule has 0 unspecified atom stereocenters. The molecular weight excluding hydrogens is 244 g/mol. The monoisotopic (exact) mass is 258 g/mol. The standard InChI is InChI=1S/C10H14N2O2S2/c1-12(16(2,13)14)7-10-6-9(8-15-10)4-3-5-11/h6,8H,5,7,11H2,1-2H3. The number of sulfonamides is 1. The molecule has 0 fully saturated rings. The van der Waals surface area contributed by atoms with Crippen molar-refractivity contribution < 1.29 is 8.42 Å². The van der Waals surface area contributed by atoms with Gasteiger partial charge in [0.2, 0.25) is 10.0 Å². The average molecular weight is 258 g/mol. The molecule has 0 aliphatic rings. The molecule has 1 heterocycles. The Morgan fingerprint density at radius 3 is 2.81 bits per heavy atom. The highest BCUT2D eigenvalue weighted by molar-refractivity contribution is 7.88. The van der Waals surface area contributed by atoms with Gasteiger partial charge in [0.1, 0.15) is 0 Å².